The number of anilines is 1. The van der Waals surface area contributed by atoms with Crippen molar-refractivity contribution in [1.29, 1.82) is 0 Å². The summed E-state index contributed by atoms with van der Waals surface area (Å²) >= 11 is 0. The minimum Gasteiger partial charge on any atom is -0.361 e. The van der Waals surface area contributed by atoms with Crippen LogP contribution < -0.4 is 5.32 Å². The Balaban J connectivity index is 2.09. The second kappa shape index (κ2) is 4.81. The van der Waals surface area contributed by atoms with Crippen LogP contribution in [0.15, 0.2) is 30.5 Å². The van der Waals surface area contributed by atoms with Crippen LogP contribution in [-0.4, -0.2) is 17.2 Å². The lowest BCUT2D eigenvalue weighted by molar-refractivity contribution is -0.110. The summed E-state index contributed by atoms with van der Waals surface area (Å²) in [4.78, 5) is 25.9. The SMILES string of the molecule is Cc1c[nH]c(/C=C2\C(=O)Nc3ccccc32)c1CC=O. The van der Waals surface area contributed by atoms with E-state index in [0.717, 1.165) is 34.4 Å². The fourth-order valence-corrected chi connectivity index (χ4v) is 2.48. The monoisotopic (exact) mass is 266 g/mol. The largest absolute Gasteiger partial charge is 0.361 e. The molecular weight excluding hydrogens is 252 g/mol. The topological polar surface area (TPSA) is 62.0 Å². The summed E-state index contributed by atoms with van der Waals surface area (Å²) in [7, 11) is 0. The maximum atomic E-state index is 12.0. The lowest BCUT2D eigenvalue weighted by Crippen LogP contribution is -2.03. The maximum Gasteiger partial charge on any atom is 0.256 e. The Morgan fingerprint density at radius 3 is 2.85 bits per heavy atom. The molecule has 3 rings (SSSR count). The number of carbonyl (C=O) groups excluding carboxylic acids is 2. The van der Waals surface area contributed by atoms with Crippen LogP contribution in [0.5, 0.6) is 0 Å². The molecule has 0 bridgehead atoms. The van der Waals surface area contributed by atoms with Gasteiger partial charge in [0.1, 0.15) is 6.29 Å². The number of benzene rings is 1. The Morgan fingerprint density at radius 2 is 2.05 bits per heavy atom. The van der Waals surface area contributed by atoms with Gasteiger partial charge in [-0.05, 0) is 30.2 Å². The first-order chi connectivity index (χ1) is 9.70. The summed E-state index contributed by atoms with van der Waals surface area (Å²) in [6, 6.07) is 7.58. The number of aromatic nitrogens is 1. The van der Waals surface area contributed by atoms with Crippen LogP contribution in [0.2, 0.25) is 0 Å². The molecule has 0 atom stereocenters. The number of nitrogens with one attached hydrogen (secondary N) is 2. The van der Waals surface area contributed by atoms with Gasteiger partial charge in [0, 0.05) is 29.6 Å². The predicted octanol–water partition coefficient (Wildman–Crippen LogP) is 2.56. The van der Waals surface area contributed by atoms with Gasteiger partial charge in [-0.15, -0.1) is 0 Å². The first kappa shape index (κ1) is 12.4. The number of fused-ring (bicyclic) bond motifs is 1. The van der Waals surface area contributed by atoms with Crippen molar-refractivity contribution in [3.8, 4) is 0 Å². The molecule has 0 radical (unpaired) electrons. The molecule has 100 valence electrons. The minimum atomic E-state index is -0.115. The molecule has 1 aliphatic heterocycles. The van der Waals surface area contributed by atoms with Crippen molar-refractivity contribution in [2.45, 2.75) is 13.3 Å². The lowest BCUT2D eigenvalue weighted by Gasteiger charge is -2.00. The Kier molecular flexibility index (Phi) is 2.99. The first-order valence-corrected chi connectivity index (χ1v) is 6.43. The van der Waals surface area contributed by atoms with Gasteiger partial charge in [-0.25, -0.2) is 0 Å². The summed E-state index contributed by atoms with van der Waals surface area (Å²) in [6.07, 6.45) is 4.88. The van der Waals surface area contributed by atoms with E-state index in [0.29, 0.717) is 12.0 Å². The fraction of sp³-hybridized carbons (Fsp3) is 0.125. The van der Waals surface area contributed by atoms with Gasteiger partial charge >= 0.3 is 0 Å². The zero-order valence-electron chi connectivity index (χ0n) is 11.1. The number of carbonyl (C=O) groups is 2. The molecule has 0 fully saturated rings. The van der Waals surface area contributed by atoms with Crippen LogP contribution in [0.1, 0.15) is 22.4 Å². The molecule has 0 unspecified atom stereocenters. The molecule has 1 aromatic carbocycles. The first-order valence-electron chi connectivity index (χ1n) is 6.43. The van der Waals surface area contributed by atoms with Gasteiger partial charge in [0.2, 0.25) is 0 Å². The lowest BCUT2D eigenvalue weighted by atomic mass is 10.0. The number of aromatic amines is 1. The summed E-state index contributed by atoms with van der Waals surface area (Å²) in [5, 5.41) is 2.84. The van der Waals surface area contributed by atoms with Gasteiger partial charge < -0.3 is 15.1 Å². The number of rotatable bonds is 3. The predicted molar refractivity (Wildman–Crippen MR) is 78.2 cm³/mol. The van der Waals surface area contributed by atoms with E-state index in [4.69, 9.17) is 0 Å². The van der Waals surface area contributed by atoms with Crippen LogP contribution >= 0.6 is 0 Å². The van der Waals surface area contributed by atoms with Gasteiger partial charge in [-0.1, -0.05) is 18.2 Å². The highest BCUT2D eigenvalue weighted by molar-refractivity contribution is 6.34. The smallest absolute Gasteiger partial charge is 0.256 e. The van der Waals surface area contributed by atoms with Crippen molar-refractivity contribution in [1.82, 2.24) is 4.98 Å². The van der Waals surface area contributed by atoms with Crippen molar-refractivity contribution in [3.63, 3.8) is 0 Å². The summed E-state index contributed by atoms with van der Waals surface area (Å²) in [5.41, 5.74) is 5.11. The van der Waals surface area contributed by atoms with Gasteiger partial charge in [-0.2, -0.15) is 0 Å². The molecule has 20 heavy (non-hydrogen) atoms. The van der Waals surface area contributed by atoms with Crippen molar-refractivity contribution < 1.29 is 9.59 Å². The van der Waals surface area contributed by atoms with E-state index in [9.17, 15) is 9.59 Å². The molecule has 2 N–H and O–H groups in total. The van der Waals surface area contributed by atoms with E-state index < -0.39 is 0 Å². The second-order valence-electron chi connectivity index (χ2n) is 4.79. The van der Waals surface area contributed by atoms with Gasteiger partial charge in [0.15, 0.2) is 0 Å². The summed E-state index contributed by atoms with van der Waals surface area (Å²) < 4.78 is 0. The number of aryl methyl sites for hydroxylation is 1. The molecule has 0 saturated carbocycles. The zero-order chi connectivity index (χ0) is 14.1. The molecular formula is C16H14N2O2. The quantitative estimate of drug-likeness (QED) is 0.662. The van der Waals surface area contributed by atoms with Crippen LogP contribution in [0, 0.1) is 6.92 Å². The third-order valence-electron chi connectivity index (χ3n) is 3.53. The maximum absolute atomic E-state index is 12.0. The van der Waals surface area contributed by atoms with Crippen LogP contribution in [0.4, 0.5) is 5.69 Å². The van der Waals surface area contributed by atoms with E-state index in [-0.39, 0.29) is 5.91 Å². The zero-order valence-corrected chi connectivity index (χ0v) is 11.1. The van der Waals surface area contributed by atoms with Crippen LogP contribution in [0.25, 0.3) is 11.6 Å². The Hall–Kier alpha value is -2.62. The molecule has 0 aliphatic carbocycles. The average molecular weight is 266 g/mol. The Bertz CT molecular complexity index is 726. The normalized spacial score (nSPS) is 15.2. The number of aldehydes is 1. The number of hydrogen-bond acceptors (Lipinski definition) is 2. The number of H-pyrrole nitrogens is 1. The van der Waals surface area contributed by atoms with Gasteiger partial charge in [0.05, 0.1) is 5.57 Å². The third kappa shape index (κ3) is 1.95. The third-order valence-corrected chi connectivity index (χ3v) is 3.53. The number of amides is 1. The van der Waals surface area contributed by atoms with Crippen molar-refractivity contribution in [2.75, 3.05) is 5.32 Å². The molecule has 4 nitrogen and oxygen atoms in total. The van der Waals surface area contributed by atoms with Gasteiger partial charge in [0.25, 0.3) is 5.91 Å². The van der Waals surface area contributed by atoms with E-state index in [2.05, 4.69) is 10.3 Å². The summed E-state index contributed by atoms with van der Waals surface area (Å²) in [5.74, 6) is -0.115. The van der Waals surface area contributed by atoms with Crippen molar-refractivity contribution >= 4 is 29.5 Å². The number of para-hydroxylation sites is 1. The highest BCUT2D eigenvalue weighted by Gasteiger charge is 2.23. The van der Waals surface area contributed by atoms with E-state index in [1.54, 1.807) is 0 Å². The summed E-state index contributed by atoms with van der Waals surface area (Å²) in [6.45, 7) is 1.94. The highest BCUT2D eigenvalue weighted by Crippen LogP contribution is 2.33. The Labute approximate surface area is 116 Å². The Morgan fingerprint density at radius 1 is 1.25 bits per heavy atom. The van der Waals surface area contributed by atoms with Crippen molar-refractivity contribution in [3.05, 3.63) is 52.8 Å². The molecule has 0 saturated heterocycles. The van der Waals surface area contributed by atoms with E-state index in [1.807, 2.05) is 43.5 Å². The molecule has 0 spiro atoms. The van der Waals surface area contributed by atoms with E-state index in [1.165, 1.54) is 0 Å². The van der Waals surface area contributed by atoms with E-state index >= 15 is 0 Å². The fourth-order valence-electron chi connectivity index (χ4n) is 2.48. The number of hydrogen-bond donors (Lipinski definition) is 2. The molecule has 4 heteroatoms. The molecule has 2 aromatic rings. The average Bonchev–Trinajstić information content (AvgIpc) is 2.94. The van der Waals surface area contributed by atoms with Crippen molar-refractivity contribution in [2.24, 2.45) is 0 Å². The van der Waals surface area contributed by atoms with Gasteiger partial charge in [-0.3, -0.25) is 4.79 Å². The van der Waals surface area contributed by atoms with Crippen LogP contribution in [-0.2, 0) is 16.0 Å². The standard InChI is InChI=1S/C16H14N2O2/c1-10-9-17-15(11(10)6-7-19)8-13-12-4-2-3-5-14(12)18-16(13)20/h2-5,7-9,17H,6H2,1H3,(H,18,20)/b13-8-. The van der Waals surface area contributed by atoms with Crippen LogP contribution in [0.3, 0.4) is 0 Å². The molecule has 1 aliphatic rings. The molecule has 2 heterocycles. The second-order valence-corrected chi connectivity index (χ2v) is 4.79. The molecule has 1 aromatic heterocycles. The highest BCUT2D eigenvalue weighted by atomic mass is 16.2. The molecule has 1 amide bonds. The minimum absolute atomic E-state index is 0.115.